The van der Waals surface area contributed by atoms with E-state index in [4.69, 9.17) is 0 Å². The van der Waals surface area contributed by atoms with Gasteiger partial charge in [0.1, 0.15) is 11.9 Å². The van der Waals surface area contributed by atoms with Gasteiger partial charge in [0.25, 0.3) is 11.8 Å². The van der Waals surface area contributed by atoms with Gasteiger partial charge in [0.2, 0.25) is 0 Å². The number of nitrogens with one attached hydrogen (secondary N) is 3. The maximum absolute atomic E-state index is 12.6. The number of amides is 2. The second-order valence-electron chi connectivity index (χ2n) is 5.02. The monoisotopic (exact) mass is 321 g/mol. The number of hydrogen-bond donors (Lipinski definition) is 3. The lowest BCUT2D eigenvalue weighted by molar-refractivity contribution is -0.118. The molecular formula is C17H15N5O2. The van der Waals surface area contributed by atoms with Gasteiger partial charge < -0.3 is 10.6 Å². The van der Waals surface area contributed by atoms with E-state index < -0.39 is 6.04 Å². The van der Waals surface area contributed by atoms with Crippen LogP contribution >= 0.6 is 0 Å². The summed E-state index contributed by atoms with van der Waals surface area (Å²) < 4.78 is 0. The second-order valence-corrected chi connectivity index (χ2v) is 5.02. The first-order valence-corrected chi connectivity index (χ1v) is 7.30. The zero-order valence-corrected chi connectivity index (χ0v) is 12.6. The lowest BCUT2D eigenvalue weighted by Crippen LogP contribution is -2.37. The molecule has 3 N–H and O–H groups in total. The summed E-state index contributed by atoms with van der Waals surface area (Å²) in [6.07, 6.45) is 4.56. The molecule has 0 bridgehead atoms. The SMILES string of the molecule is O=C(N[C@H](C(=O)Nc1ccn[nH]1)c1ccccc1)c1cccnc1. The van der Waals surface area contributed by atoms with Crippen molar-refractivity contribution in [2.75, 3.05) is 5.32 Å². The smallest absolute Gasteiger partial charge is 0.253 e. The molecular weight excluding hydrogens is 306 g/mol. The first-order valence-electron chi connectivity index (χ1n) is 7.30. The standard InChI is InChI=1S/C17H15N5O2/c23-16(13-7-4-9-18-11-13)21-15(12-5-2-1-3-6-12)17(24)20-14-8-10-19-22-14/h1-11,15H,(H,21,23)(H2,19,20,22,24)/t15-/m0/s1. The quantitative estimate of drug-likeness (QED) is 0.668. The molecule has 0 radical (unpaired) electrons. The molecule has 0 saturated carbocycles. The number of H-pyrrole nitrogens is 1. The summed E-state index contributed by atoms with van der Waals surface area (Å²) in [5.74, 6) is -0.295. The van der Waals surface area contributed by atoms with Crippen molar-refractivity contribution in [1.29, 1.82) is 0 Å². The molecule has 7 heteroatoms. The van der Waals surface area contributed by atoms with Crippen LogP contribution in [0.15, 0.2) is 67.1 Å². The summed E-state index contributed by atoms with van der Waals surface area (Å²) >= 11 is 0. The number of anilines is 1. The van der Waals surface area contributed by atoms with Crippen LogP contribution in [0.25, 0.3) is 0 Å². The van der Waals surface area contributed by atoms with Crippen LogP contribution in [0, 0.1) is 0 Å². The molecule has 120 valence electrons. The summed E-state index contributed by atoms with van der Waals surface area (Å²) in [6.45, 7) is 0. The number of carbonyl (C=O) groups excluding carboxylic acids is 2. The van der Waals surface area contributed by atoms with Gasteiger partial charge in [-0.2, -0.15) is 5.10 Å². The molecule has 1 aromatic carbocycles. The third kappa shape index (κ3) is 3.64. The number of rotatable bonds is 5. The molecule has 0 aliphatic rings. The highest BCUT2D eigenvalue weighted by molar-refractivity contribution is 6.01. The van der Waals surface area contributed by atoms with Crippen molar-refractivity contribution in [3.05, 3.63) is 78.2 Å². The van der Waals surface area contributed by atoms with Crippen molar-refractivity contribution >= 4 is 17.6 Å². The number of benzene rings is 1. The topological polar surface area (TPSA) is 99.8 Å². The van der Waals surface area contributed by atoms with E-state index in [0.717, 1.165) is 0 Å². The Morgan fingerprint density at radius 1 is 1.00 bits per heavy atom. The zero-order valence-electron chi connectivity index (χ0n) is 12.6. The molecule has 3 aromatic rings. The van der Waals surface area contributed by atoms with Crippen LogP contribution in [0.5, 0.6) is 0 Å². The van der Waals surface area contributed by atoms with Gasteiger partial charge in [-0.25, -0.2) is 0 Å². The van der Waals surface area contributed by atoms with E-state index in [0.29, 0.717) is 16.9 Å². The minimum absolute atomic E-state index is 0.373. The van der Waals surface area contributed by atoms with Crippen molar-refractivity contribution in [2.45, 2.75) is 6.04 Å². The van der Waals surface area contributed by atoms with Crippen molar-refractivity contribution < 1.29 is 9.59 Å². The van der Waals surface area contributed by atoms with Gasteiger partial charge in [-0.15, -0.1) is 0 Å². The van der Waals surface area contributed by atoms with Gasteiger partial charge >= 0.3 is 0 Å². The number of nitrogens with zero attached hydrogens (tertiary/aromatic N) is 2. The molecule has 7 nitrogen and oxygen atoms in total. The average molecular weight is 321 g/mol. The Bertz CT molecular complexity index is 804. The summed E-state index contributed by atoms with van der Waals surface area (Å²) in [5.41, 5.74) is 1.06. The molecule has 2 amide bonds. The number of carbonyl (C=O) groups is 2. The number of hydrogen-bond acceptors (Lipinski definition) is 4. The number of pyridine rings is 1. The fourth-order valence-corrected chi connectivity index (χ4v) is 2.19. The molecule has 1 atom stereocenters. The number of aromatic nitrogens is 3. The molecule has 0 spiro atoms. The van der Waals surface area contributed by atoms with E-state index in [1.807, 2.05) is 18.2 Å². The van der Waals surface area contributed by atoms with Crippen molar-refractivity contribution in [1.82, 2.24) is 20.5 Å². The maximum Gasteiger partial charge on any atom is 0.253 e. The van der Waals surface area contributed by atoms with Gasteiger partial charge in [-0.1, -0.05) is 30.3 Å². The molecule has 24 heavy (non-hydrogen) atoms. The largest absolute Gasteiger partial charge is 0.336 e. The average Bonchev–Trinajstić information content (AvgIpc) is 3.14. The maximum atomic E-state index is 12.6. The van der Waals surface area contributed by atoms with E-state index in [2.05, 4.69) is 25.8 Å². The van der Waals surface area contributed by atoms with Crippen LogP contribution in [0.4, 0.5) is 5.82 Å². The minimum Gasteiger partial charge on any atom is -0.336 e. The van der Waals surface area contributed by atoms with Gasteiger partial charge in [0, 0.05) is 18.5 Å². The third-order valence-electron chi connectivity index (χ3n) is 3.35. The van der Waals surface area contributed by atoms with Crippen LogP contribution in [0.3, 0.4) is 0 Å². The van der Waals surface area contributed by atoms with Crippen molar-refractivity contribution in [3.63, 3.8) is 0 Å². The summed E-state index contributed by atoms with van der Waals surface area (Å²) in [6, 6.07) is 13.1. The second kappa shape index (κ2) is 7.19. The normalized spacial score (nSPS) is 11.5. The molecule has 2 aromatic heterocycles. The van der Waals surface area contributed by atoms with Crippen LogP contribution in [-0.2, 0) is 4.79 Å². The van der Waals surface area contributed by atoms with Crippen LogP contribution in [0.2, 0.25) is 0 Å². The molecule has 3 rings (SSSR count). The third-order valence-corrected chi connectivity index (χ3v) is 3.35. The minimum atomic E-state index is -0.845. The van der Waals surface area contributed by atoms with Crippen molar-refractivity contribution in [3.8, 4) is 0 Å². The first kappa shape index (κ1) is 15.4. The highest BCUT2D eigenvalue weighted by Gasteiger charge is 2.23. The number of aromatic amines is 1. The highest BCUT2D eigenvalue weighted by Crippen LogP contribution is 2.16. The van der Waals surface area contributed by atoms with E-state index in [9.17, 15) is 9.59 Å². The molecule has 0 saturated heterocycles. The predicted octanol–water partition coefficient (Wildman–Crippen LogP) is 1.91. The molecule has 2 heterocycles. The fraction of sp³-hybridized carbons (Fsp3) is 0.0588. The molecule has 0 aliphatic carbocycles. The lowest BCUT2D eigenvalue weighted by Gasteiger charge is -2.18. The van der Waals surface area contributed by atoms with E-state index in [1.54, 1.807) is 36.5 Å². The van der Waals surface area contributed by atoms with Gasteiger partial charge in [0.05, 0.1) is 11.8 Å². The van der Waals surface area contributed by atoms with E-state index in [-0.39, 0.29) is 11.8 Å². The Morgan fingerprint density at radius 3 is 2.50 bits per heavy atom. The molecule has 0 fully saturated rings. The van der Waals surface area contributed by atoms with Gasteiger partial charge in [-0.05, 0) is 17.7 Å². The first-order chi connectivity index (χ1) is 11.7. The Kier molecular flexibility index (Phi) is 4.62. The van der Waals surface area contributed by atoms with Crippen molar-refractivity contribution in [2.24, 2.45) is 0 Å². The molecule has 0 unspecified atom stereocenters. The van der Waals surface area contributed by atoms with Crippen LogP contribution < -0.4 is 10.6 Å². The Balaban J connectivity index is 1.82. The van der Waals surface area contributed by atoms with Gasteiger partial charge in [-0.3, -0.25) is 19.7 Å². The Hall–Kier alpha value is -3.48. The zero-order chi connectivity index (χ0) is 16.8. The van der Waals surface area contributed by atoms with Gasteiger partial charge in [0.15, 0.2) is 0 Å². The summed E-state index contributed by atoms with van der Waals surface area (Å²) in [5, 5.41) is 11.9. The fourth-order valence-electron chi connectivity index (χ4n) is 2.19. The summed E-state index contributed by atoms with van der Waals surface area (Å²) in [7, 11) is 0. The Labute approximate surface area is 138 Å². The predicted molar refractivity (Wildman–Crippen MR) is 88.1 cm³/mol. The van der Waals surface area contributed by atoms with Crippen LogP contribution in [0.1, 0.15) is 22.0 Å². The summed E-state index contributed by atoms with van der Waals surface area (Å²) in [4.78, 5) is 28.9. The molecule has 0 aliphatic heterocycles. The van der Waals surface area contributed by atoms with E-state index in [1.165, 1.54) is 12.4 Å². The lowest BCUT2D eigenvalue weighted by atomic mass is 10.1. The Morgan fingerprint density at radius 2 is 1.83 bits per heavy atom. The van der Waals surface area contributed by atoms with Crippen LogP contribution in [-0.4, -0.2) is 27.0 Å². The highest BCUT2D eigenvalue weighted by atomic mass is 16.2. The van der Waals surface area contributed by atoms with E-state index >= 15 is 0 Å².